The summed E-state index contributed by atoms with van der Waals surface area (Å²) in [6.07, 6.45) is 2.72. The molecule has 4 heteroatoms. The number of aromatic nitrogens is 1. The third-order valence-corrected chi connectivity index (χ3v) is 3.64. The Morgan fingerprint density at radius 2 is 2.25 bits per heavy atom. The number of nitrogens with one attached hydrogen (secondary N) is 1. The monoisotopic (exact) mass is 221 g/mol. The lowest BCUT2D eigenvalue weighted by Crippen LogP contribution is -2.61. The molecule has 0 bridgehead atoms. The Balaban J connectivity index is 2.00. The fourth-order valence-corrected chi connectivity index (χ4v) is 1.97. The summed E-state index contributed by atoms with van der Waals surface area (Å²) in [5.74, 6) is 1.65. The summed E-state index contributed by atoms with van der Waals surface area (Å²) < 4.78 is 5.06. The molecule has 2 rings (SSSR count). The van der Waals surface area contributed by atoms with Gasteiger partial charge in [-0.3, -0.25) is 0 Å². The number of ether oxygens (including phenoxy) is 1. The zero-order valence-electron chi connectivity index (χ0n) is 10.0. The van der Waals surface area contributed by atoms with Crippen molar-refractivity contribution in [1.82, 2.24) is 4.98 Å². The van der Waals surface area contributed by atoms with Crippen LogP contribution in [0.4, 0.5) is 5.82 Å². The van der Waals surface area contributed by atoms with Gasteiger partial charge in [-0.1, -0.05) is 13.8 Å². The summed E-state index contributed by atoms with van der Waals surface area (Å²) in [7, 11) is 1.64. The van der Waals surface area contributed by atoms with Crippen molar-refractivity contribution in [1.29, 1.82) is 0 Å². The minimum absolute atomic E-state index is 0.140. The van der Waals surface area contributed by atoms with Crippen LogP contribution in [0.25, 0.3) is 0 Å². The first kappa shape index (κ1) is 11.2. The van der Waals surface area contributed by atoms with Gasteiger partial charge in [-0.25, -0.2) is 4.98 Å². The summed E-state index contributed by atoms with van der Waals surface area (Å²) >= 11 is 0. The summed E-state index contributed by atoms with van der Waals surface area (Å²) in [5.41, 5.74) is 6.11. The molecule has 88 valence electrons. The molecule has 1 aromatic rings. The van der Waals surface area contributed by atoms with Crippen LogP contribution in [0.2, 0.25) is 0 Å². The van der Waals surface area contributed by atoms with E-state index < -0.39 is 0 Å². The fraction of sp³-hybridized carbons (Fsp3) is 0.583. The van der Waals surface area contributed by atoms with Crippen LogP contribution < -0.4 is 15.8 Å². The first-order chi connectivity index (χ1) is 7.54. The van der Waals surface area contributed by atoms with Gasteiger partial charge in [0, 0.05) is 17.5 Å². The Hall–Kier alpha value is -1.29. The lowest BCUT2D eigenvalue weighted by molar-refractivity contribution is 0.117. The molecular weight excluding hydrogens is 202 g/mol. The number of pyridine rings is 1. The van der Waals surface area contributed by atoms with Gasteiger partial charge in [-0.2, -0.15) is 0 Å². The lowest BCUT2D eigenvalue weighted by Gasteiger charge is -2.50. The molecule has 0 amide bonds. The van der Waals surface area contributed by atoms with Gasteiger partial charge < -0.3 is 15.8 Å². The smallest absolute Gasteiger partial charge is 0.137 e. The first-order valence-electron chi connectivity index (χ1n) is 5.56. The molecule has 1 aromatic heterocycles. The van der Waals surface area contributed by atoms with Crippen LogP contribution in [0.5, 0.6) is 5.75 Å². The minimum atomic E-state index is 0.140. The third kappa shape index (κ3) is 1.85. The number of anilines is 1. The van der Waals surface area contributed by atoms with Crippen molar-refractivity contribution in [3.63, 3.8) is 0 Å². The molecular formula is C12H19N3O. The molecule has 1 saturated carbocycles. The summed E-state index contributed by atoms with van der Waals surface area (Å²) in [5, 5.41) is 3.40. The van der Waals surface area contributed by atoms with Crippen LogP contribution in [0.3, 0.4) is 0 Å². The molecule has 3 N–H and O–H groups in total. The molecule has 1 aliphatic carbocycles. The topological polar surface area (TPSA) is 60.2 Å². The highest BCUT2D eigenvalue weighted by Crippen LogP contribution is 2.40. The van der Waals surface area contributed by atoms with E-state index in [1.807, 2.05) is 12.1 Å². The molecule has 2 unspecified atom stereocenters. The maximum atomic E-state index is 5.97. The van der Waals surface area contributed by atoms with Crippen molar-refractivity contribution in [2.24, 2.45) is 11.1 Å². The van der Waals surface area contributed by atoms with Gasteiger partial charge in [-0.05, 0) is 18.6 Å². The van der Waals surface area contributed by atoms with Crippen molar-refractivity contribution in [3.05, 3.63) is 18.3 Å². The normalized spacial score (nSPS) is 27.0. The quantitative estimate of drug-likeness (QED) is 0.814. The van der Waals surface area contributed by atoms with Crippen LogP contribution in [-0.4, -0.2) is 24.2 Å². The fourth-order valence-electron chi connectivity index (χ4n) is 1.97. The zero-order chi connectivity index (χ0) is 11.8. The number of methoxy groups -OCH3 is 1. The van der Waals surface area contributed by atoms with Crippen molar-refractivity contribution < 1.29 is 4.74 Å². The summed E-state index contributed by atoms with van der Waals surface area (Å²) in [4.78, 5) is 4.29. The average Bonchev–Trinajstić information content (AvgIpc) is 2.29. The molecule has 1 aliphatic rings. The number of rotatable bonds is 3. The van der Waals surface area contributed by atoms with Gasteiger partial charge in [0.2, 0.25) is 0 Å². The first-order valence-corrected chi connectivity index (χ1v) is 5.56. The molecule has 0 aliphatic heterocycles. The van der Waals surface area contributed by atoms with Crippen molar-refractivity contribution in [2.75, 3.05) is 12.4 Å². The highest BCUT2D eigenvalue weighted by Gasteiger charge is 2.46. The van der Waals surface area contributed by atoms with Gasteiger partial charge >= 0.3 is 0 Å². The van der Waals surface area contributed by atoms with E-state index in [0.29, 0.717) is 6.04 Å². The molecule has 0 aromatic carbocycles. The van der Waals surface area contributed by atoms with E-state index in [-0.39, 0.29) is 11.5 Å². The second-order valence-electron chi connectivity index (χ2n) is 4.94. The summed E-state index contributed by atoms with van der Waals surface area (Å²) in [6.45, 7) is 4.37. The highest BCUT2D eigenvalue weighted by molar-refractivity contribution is 5.40. The number of hydrogen-bond acceptors (Lipinski definition) is 4. The van der Waals surface area contributed by atoms with Crippen molar-refractivity contribution in [3.8, 4) is 5.75 Å². The van der Waals surface area contributed by atoms with Crippen LogP contribution in [0.1, 0.15) is 20.3 Å². The largest absolute Gasteiger partial charge is 0.495 e. The Labute approximate surface area is 96.2 Å². The SMILES string of the molecule is COc1ccc(NC2CC(N)C2(C)C)nc1. The van der Waals surface area contributed by atoms with Crippen LogP contribution >= 0.6 is 0 Å². The Morgan fingerprint density at radius 1 is 1.50 bits per heavy atom. The number of nitrogens with zero attached hydrogens (tertiary/aromatic N) is 1. The van der Waals surface area contributed by atoms with Gasteiger partial charge in [0.25, 0.3) is 0 Å². The van der Waals surface area contributed by atoms with Crippen LogP contribution in [-0.2, 0) is 0 Å². The van der Waals surface area contributed by atoms with Gasteiger partial charge in [0.15, 0.2) is 0 Å². The van der Waals surface area contributed by atoms with Gasteiger partial charge in [0.05, 0.1) is 13.3 Å². The maximum absolute atomic E-state index is 5.97. The van der Waals surface area contributed by atoms with E-state index in [1.165, 1.54) is 0 Å². The van der Waals surface area contributed by atoms with Crippen LogP contribution in [0.15, 0.2) is 18.3 Å². The molecule has 0 spiro atoms. The lowest BCUT2D eigenvalue weighted by atomic mass is 9.63. The molecule has 0 radical (unpaired) electrons. The third-order valence-electron chi connectivity index (χ3n) is 3.64. The molecule has 0 saturated heterocycles. The molecule has 4 nitrogen and oxygen atoms in total. The Morgan fingerprint density at radius 3 is 2.69 bits per heavy atom. The summed E-state index contributed by atoms with van der Waals surface area (Å²) in [6, 6.07) is 4.52. The molecule has 2 atom stereocenters. The van der Waals surface area contributed by atoms with E-state index in [1.54, 1.807) is 13.3 Å². The van der Waals surface area contributed by atoms with Crippen molar-refractivity contribution >= 4 is 5.82 Å². The predicted octanol–water partition coefficient (Wildman–Crippen LogP) is 1.63. The van der Waals surface area contributed by atoms with E-state index >= 15 is 0 Å². The maximum Gasteiger partial charge on any atom is 0.137 e. The second kappa shape index (κ2) is 3.94. The van der Waals surface area contributed by atoms with Gasteiger partial charge in [0.1, 0.15) is 11.6 Å². The van der Waals surface area contributed by atoms with Crippen LogP contribution in [0, 0.1) is 5.41 Å². The minimum Gasteiger partial charge on any atom is -0.495 e. The molecule has 1 heterocycles. The van der Waals surface area contributed by atoms with Gasteiger partial charge in [-0.15, -0.1) is 0 Å². The average molecular weight is 221 g/mol. The standard InChI is InChI=1S/C12H19N3O/c1-12(2)9(13)6-10(12)15-11-5-4-8(16-3)7-14-11/h4-5,7,9-10H,6,13H2,1-3H3,(H,14,15). The number of nitrogens with two attached hydrogens (primary N) is 1. The Kier molecular flexibility index (Phi) is 2.76. The van der Waals surface area contributed by atoms with E-state index in [0.717, 1.165) is 18.0 Å². The van der Waals surface area contributed by atoms with E-state index in [4.69, 9.17) is 10.5 Å². The van der Waals surface area contributed by atoms with Crippen molar-refractivity contribution in [2.45, 2.75) is 32.4 Å². The number of hydrogen-bond donors (Lipinski definition) is 2. The second-order valence-corrected chi connectivity index (χ2v) is 4.94. The van der Waals surface area contributed by atoms with E-state index in [2.05, 4.69) is 24.1 Å². The molecule has 1 fully saturated rings. The molecule has 16 heavy (non-hydrogen) atoms. The zero-order valence-corrected chi connectivity index (χ0v) is 10.0. The Bertz CT molecular complexity index is 361. The highest BCUT2D eigenvalue weighted by atomic mass is 16.5. The predicted molar refractivity (Wildman–Crippen MR) is 64.6 cm³/mol. The van der Waals surface area contributed by atoms with E-state index in [9.17, 15) is 0 Å².